The van der Waals surface area contributed by atoms with Gasteiger partial charge in [-0.1, -0.05) is 6.07 Å². The highest BCUT2D eigenvalue weighted by atomic mass is 32.2. The Labute approximate surface area is 115 Å². The van der Waals surface area contributed by atoms with Gasteiger partial charge in [0.2, 0.25) is 10.0 Å². The number of pyridine rings is 1. The van der Waals surface area contributed by atoms with Crippen molar-refractivity contribution in [2.24, 2.45) is 0 Å². The highest BCUT2D eigenvalue weighted by molar-refractivity contribution is 7.89. The Bertz CT molecular complexity index is 828. The molecule has 102 valence electrons. The molecule has 7 heteroatoms. The third-order valence-corrected chi connectivity index (χ3v) is 4.27. The summed E-state index contributed by atoms with van der Waals surface area (Å²) in [5.41, 5.74) is 2.08. The molecule has 2 aromatic heterocycles. The zero-order valence-corrected chi connectivity index (χ0v) is 11.3. The molecule has 0 atom stereocenters. The van der Waals surface area contributed by atoms with Crippen molar-refractivity contribution >= 4 is 21.1 Å². The molecule has 0 radical (unpaired) electrons. The van der Waals surface area contributed by atoms with Gasteiger partial charge in [0.25, 0.3) is 0 Å². The fraction of sp³-hybridized carbons (Fsp3) is 0.0769. The summed E-state index contributed by atoms with van der Waals surface area (Å²) in [5, 5.41) is 0. The summed E-state index contributed by atoms with van der Waals surface area (Å²) in [6, 6.07) is 10.1. The molecule has 0 amide bonds. The van der Waals surface area contributed by atoms with E-state index in [9.17, 15) is 8.42 Å². The van der Waals surface area contributed by atoms with Crippen molar-refractivity contribution in [2.45, 2.75) is 11.4 Å². The van der Waals surface area contributed by atoms with Crippen molar-refractivity contribution in [2.75, 3.05) is 0 Å². The van der Waals surface area contributed by atoms with Gasteiger partial charge >= 0.3 is 0 Å². The number of rotatable bonds is 4. The first-order chi connectivity index (χ1) is 9.65. The van der Waals surface area contributed by atoms with Gasteiger partial charge in [0, 0.05) is 6.20 Å². The molecule has 0 aliphatic heterocycles. The van der Waals surface area contributed by atoms with Gasteiger partial charge in [-0.15, -0.1) is 0 Å². The van der Waals surface area contributed by atoms with Crippen molar-refractivity contribution in [1.82, 2.24) is 19.7 Å². The molecule has 0 aliphatic rings. The molecule has 0 saturated heterocycles. The molecule has 0 unspecified atom stereocenters. The molecule has 0 spiro atoms. The monoisotopic (exact) mass is 288 g/mol. The number of sulfonamides is 1. The van der Waals surface area contributed by atoms with E-state index in [4.69, 9.17) is 0 Å². The van der Waals surface area contributed by atoms with Crippen LogP contribution in [0.1, 0.15) is 5.69 Å². The van der Waals surface area contributed by atoms with Crippen molar-refractivity contribution in [3.8, 4) is 0 Å². The van der Waals surface area contributed by atoms with Crippen LogP contribution in [0.2, 0.25) is 0 Å². The normalized spacial score (nSPS) is 11.8. The van der Waals surface area contributed by atoms with Crippen molar-refractivity contribution in [3.63, 3.8) is 0 Å². The van der Waals surface area contributed by atoms with Crippen LogP contribution in [0.3, 0.4) is 0 Å². The second-order valence-corrected chi connectivity index (χ2v) is 5.99. The van der Waals surface area contributed by atoms with Crippen molar-refractivity contribution < 1.29 is 8.42 Å². The molecule has 0 fully saturated rings. The zero-order valence-electron chi connectivity index (χ0n) is 10.4. The molecule has 0 aliphatic carbocycles. The van der Waals surface area contributed by atoms with Gasteiger partial charge in [0.05, 0.1) is 34.5 Å². The predicted octanol–water partition coefficient (Wildman–Crippen LogP) is 1.44. The maximum absolute atomic E-state index is 12.2. The topological polar surface area (TPSA) is 87.7 Å². The number of aromatic nitrogens is 3. The highest BCUT2D eigenvalue weighted by Gasteiger charge is 2.14. The number of aromatic amines is 1. The largest absolute Gasteiger partial charge is 0.345 e. The molecule has 1 aromatic carbocycles. The lowest BCUT2D eigenvalue weighted by atomic mass is 10.3. The van der Waals surface area contributed by atoms with Gasteiger partial charge in [-0.3, -0.25) is 4.98 Å². The second-order valence-electron chi connectivity index (χ2n) is 4.23. The number of fused-ring (bicyclic) bond motifs is 1. The highest BCUT2D eigenvalue weighted by Crippen LogP contribution is 2.16. The van der Waals surface area contributed by atoms with Crippen LogP contribution in [-0.4, -0.2) is 23.4 Å². The van der Waals surface area contributed by atoms with Gasteiger partial charge in [-0.25, -0.2) is 18.1 Å². The predicted molar refractivity (Wildman–Crippen MR) is 74.4 cm³/mol. The molecule has 3 aromatic rings. The van der Waals surface area contributed by atoms with Crippen LogP contribution in [0.15, 0.2) is 53.8 Å². The SMILES string of the molecule is O=S(=O)(NCc1ccccn1)c1ccc2nc[nH]c2c1. The maximum atomic E-state index is 12.2. The Hall–Kier alpha value is -2.25. The minimum absolute atomic E-state index is 0.157. The Morgan fingerprint density at radius 3 is 2.85 bits per heavy atom. The first-order valence-corrected chi connectivity index (χ1v) is 7.46. The number of benzene rings is 1. The molecule has 0 bridgehead atoms. The van der Waals surface area contributed by atoms with Crippen LogP contribution in [-0.2, 0) is 16.6 Å². The third-order valence-electron chi connectivity index (χ3n) is 2.87. The lowest BCUT2D eigenvalue weighted by molar-refractivity contribution is 0.580. The lowest BCUT2D eigenvalue weighted by Crippen LogP contribution is -2.23. The van der Waals surface area contributed by atoms with E-state index in [0.29, 0.717) is 11.2 Å². The Morgan fingerprint density at radius 1 is 1.15 bits per heavy atom. The summed E-state index contributed by atoms with van der Waals surface area (Å²) in [6.07, 6.45) is 3.16. The number of nitrogens with zero attached hydrogens (tertiary/aromatic N) is 2. The summed E-state index contributed by atoms with van der Waals surface area (Å²) in [5.74, 6) is 0. The van der Waals surface area contributed by atoms with Gasteiger partial charge in [-0.2, -0.15) is 0 Å². The average Bonchev–Trinajstić information content (AvgIpc) is 2.94. The number of hydrogen-bond donors (Lipinski definition) is 2. The van der Waals surface area contributed by atoms with E-state index in [1.165, 1.54) is 12.4 Å². The third kappa shape index (κ3) is 2.54. The maximum Gasteiger partial charge on any atom is 0.240 e. The van der Waals surface area contributed by atoms with Crippen LogP contribution in [0.4, 0.5) is 0 Å². The van der Waals surface area contributed by atoms with Crippen molar-refractivity contribution in [1.29, 1.82) is 0 Å². The quantitative estimate of drug-likeness (QED) is 0.760. The van der Waals surface area contributed by atoms with E-state index >= 15 is 0 Å². The summed E-state index contributed by atoms with van der Waals surface area (Å²) < 4.78 is 26.9. The number of H-pyrrole nitrogens is 1. The smallest absolute Gasteiger partial charge is 0.240 e. The zero-order chi connectivity index (χ0) is 14.0. The Kier molecular flexibility index (Phi) is 3.21. The number of nitrogens with one attached hydrogen (secondary N) is 2. The van der Waals surface area contributed by atoms with Crippen molar-refractivity contribution in [3.05, 3.63) is 54.6 Å². The molecular weight excluding hydrogens is 276 g/mol. The Balaban J connectivity index is 1.84. The minimum Gasteiger partial charge on any atom is -0.345 e. The first-order valence-electron chi connectivity index (χ1n) is 5.98. The van der Waals surface area contributed by atoms with Crippen LogP contribution >= 0.6 is 0 Å². The standard InChI is InChI=1S/C13H12N4O2S/c18-20(19,17-8-10-3-1-2-6-14-10)11-4-5-12-13(7-11)16-9-15-12/h1-7,9,17H,8H2,(H,15,16). The lowest BCUT2D eigenvalue weighted by Gasteiger charge is -2.06. The first kappa shape index (κ1) is 12.8. The molecule has 0 saturated carbocycles. The van der Waals surface area contributed by atoms with Crippen LogP contribution in [0.5, 0.6) is 0 Å². The van der Waals surface area contributed by atoms with E-state index in [1.807, 2.05) is 6.07 Å². The van der Waals surface area contributed by atoms with Gasteiger partial charge in [0.15, 0.2) is 0 Å². The summed E-state index contributed by atoms with van der Waals surface area (Å²) in [4.78, 5) is 11.2. The molecular formula is C13H12N4O2S. The molecule has 20 heavy (non-hydrogen) atoms. The van der Waals surface area contributed by atoms with E-state index in [-0.39, 0.29) is 11.4 Å². The minimum atomic E-state index is -3.57. The van der Waals surface area contributed by atoms with Gasteiger partial charge < -0.3 is 4.98 Å². The summed E-state index contributed by atoms with van der Waals surface area (Å²) in [7, 11) is -3.57. The average molecular weight is 288 g/mol. The van der Waals surface area contributed by atoms with E-state index in [1.54, 1.807) is 30.5 Å². The summed E-state index contributed by atoms with van der Waals surface area (Å²) in [6.45, 7) is 0.157. The summed E-state index contributed by atoms with van der Waals surface area (Å²) >= 11 is 0. The van der Waals surface area contributed by atoms with Gasteiger partial charge in [0.1, 0.15) is 0 Å². The van der Waals surface area contributed by atoms with E-state index < -0.39 is 10.0 Å². The molecule has 3 rings (SSSR count). The van der Waals surface area contributed by atoms with Crippen LogP contribution < -0.4 is 4.72 Å². The molecule has 2 N–H and O–H groups in total. The fourth-order valence-corrected chi connectivity index (χ4v) is 2.86. The number of imidazole rings is 1. The Morgan fingerprint density at radius 2 is 2.05 bits per heavy atom. The second kappa shape index (κ2) is 5.03. The molecule has 6 nitrogen and oxygen atoms in total. The van der Waals surface area contributed by atoms with Crippen LogP contribution in [0, 0.1) is 0 Å². The fourth-order valence-electron chi connectivity index (χ4n) is 1.84. The van der Waals surface area contributed by atoms with E-state index in [0.717, 1.165) is 5.52 Å². The number of hydrogen-bond acceptors (Lipinski definition) is 4. The van der Waals surface area contributed by atoms with Crippen LogP contribution in [0.25, 0.3) is 11.0 Å². The van der Waals surface area contributed by atoms with Gasteiger partial charge in [-0.05, 0) is 30.3 Å². The van der Waals surface area contributed by atoms with E-state index in [2.05, 4.69) is 19.7 Å². The molecule has 2 heterocycles.